The Morgan fingerprint density at radius 3 is 2.75 bits per heavy atom. The van der Waals surface area contributed by atoms with Crippen LogP contribution in [-0.2, 0) is 4.79 Å². The molecule has 0 aliphatic heterocycles. The predicted octanol–water partition coefficient (Wildman–Crippen LogP) is 4.10. The summed E-state index contributed by atoms with van der Waals surface area (Å²) in [5.41, 5.74) is 1.67. The van der Waals surface area contributed by atoms with E-state index in [1.807, 2.05) is 6.07 Å². The van der Waals surface area contributed by atoms with Crippen LogP contribution in [0.25, 0.3) is 11.0 Å². The van der Waals surface area contributed by atoms with Gasteiger partial charge in [-0.3, -0.25) is 4.79 Å². The molecular formula is C13H12Cl2N2O2S. The number of thioether (sulfide) groups is 1. The van der Waals surface area contributed by atoms with Gasteiger partial charge >= 0.3 is 5.97 Å². The van der Waals surface area contributed by atoms with Crippen LogP contribution < -0.4 is 0 Å². The molecule has 0 amide bonds. The molecule has 1 aromatic heterocycles. The lowest BCUT2D eigenvalue weighted by molar-refractivity contribution is -0.133. The zero-order valence-corrected chi connectivity index (χ0v) is 13.0. The molecule has 0 radical (unpaired) electrons. The van der Waals surface area contributed by atoms with E-state index < -0.39 is 5.97 Å². The number of nitrogens with zero attached hydrogens (tertiary/aromatic N) is 2. The molecule has 2 unspecified atom stereocenters. The minimum atomic E-state index is -0.853. The normalized spacial score (nSPS) is 21.4. The average Bonchev–Trinajstić information content (AvgIpc) is 2.98. The van der Waals surface area contributed by atoms with Crippen LogP contribution in [0.3, 0.4) is 0 Å². The second-order valence-corrected chi connectivity index (χ2v) is 6.74. The number of aromatic nitrogens is 2. The van der Waals surface area contributed by atoms with Crippen LogP contribution in [-0.4, -0.2) is 26.4 Å². The fourth-order valence-corrected chi connectivity index (χ4v) is 3.38. The maximum atomic E-state index is 10.8. The zero-order valence-electron chi connectivity index (χ0n) is 10.6. The second-order valence-electron chi connectivity index (χ2n) is 4.98. The lowest BCUT2D eigenvalue weighted by Crippen LogP contribution is -2.02. The molecule has 2 aromatic rings. The first-order chi connectivity index (χ1) is 9.47. The molecule has 0 bridgehead atoms. The Labute approximate surface area is 130 Å². The van der Waals surface area contributed by atoms with Crippen molar-refractivity contribution in [2.24, 2.45) is 5.92 Å². The summed E-state index contributed by atoms with van der Waals surface area (Å²) in [5, 5.41) is 10.5. The molecule has 1 aliphatic rings. The smallest absolute Gasteiger partial charge is 0.313 e. The number of imidazole rings is 1. The Morgan fingerprint density at radius 2 is 2.15 bits per heavy atom. The molecule has 0 saturated heterocycles. The molecule has 20 heavy (non-hydrogen) atoms. The molecule has 3 rings (SSSR count). The van der Waals surface area contributed by atoms with Crippen molar-refractivity contribution in [2.45, 2.75) is 24.5 Å². The number of aliphatic carboxylic acids is 1. The third kappa shape index (κ3) is 2.50. The third-order valence-electron chi connectivity index (χ3n) is 3.42. The summed E-state index contributed by atoms with van der Waals surface area (Å²) >= 11 is 13.3. The summed E-state index contributed by atoms with van der Waals surface area (Å²) in [6.45, 7) is 2.17. The molecule has 1 N–H and O–H groups in total. The van der Waals surface area contributed by atoms with Gasteiger partial charge in [0.1, 0.15) is 0 Å². The SMILES string of the molecule is CC1CC1n1c(SCC(=O)O)nc2cc(Cl)c(Cl)cc21. The Morgan fingerprint density at radius 1 is 1.50 bits per heavy atom. The number of rotatable bonds is 4. The molecule has 1 aliphatic carbocycles. The molecule has 1 aromatic carbocycles. The van der Waals surface area contributed by atoms with Crippen LogP contribution in [0.5, 0.6) is 0 Å². The van der Waals surface area contributed by atoms with E-state index in [2.05, 4.69) is 16.5 Å². The van der Waals surface area contributed by atoms with Gasteiger partial charge in [-0.15, -0.1) is 0 Å². The van der Waals surface area contributed by atoms with Crippen molar-refractivity contribution in [1.82, 2.24) is 9.55 Å². The minimum absolute atomic E-state index is 0.00805. The van der Waals surface area contributed by atoms with E-state index in [9.17, 15) is 4.79 Å². The predicted molar refractivity (Wildman–Crippen MR) is 80.9 cm³/mol. The van der Waals surface area contributed by atoms with Crippen molar-refractivity contribution in [3.05, 3.63) is 22.2 Å². The highest BCUT2D eigenvalue weighted by Crippen LogP contribution is 2.47. The Balaban J connectivity index is 2.10. The number of benzene rings is 1. The van der Waals surface area contributed by atoms with Crippen molar-refractivity contribution in [2.75, 3.05) is 5.75 Å². The molecular weight excluding hydrogens is 319 g/mol. The van der Waals surface area contributed by atoms with Crippen LogP contribution in [0.15, 0.2) is 17.3 Å². The first kappa shape index (κ1) is 14.0. The second kappa shape index (κ2) is 5.13. The molecule has 106 valence electrons. The largest absolute Gasteiger partial charge is 0.481 e. The maximum absolute atomic E-state index is 10.8. The molecule has 1 saturated carbocycles. The van der Waals surface area contributed by atoms with Crippen LogP contribution in [0.1, 0.15) is 19.4 Å². The molecule has 4 nitrogen and oxygen atoms in total. The van der Waals surface area contributed by atoms with Gasteiger partial charge in [-0.05, 0) is 24.5 Å². The summed E-state index contributed by atoms with van der Waals surface area (Å²) in [5.74, 6) is -0.286. The number of carboxylic acid groups (broad SMARTS) is 1. The Bertz CT molecular complexity index is 701. The third-order valence-corrected chi connectivity index (χ3v) is 5.08. The van der Waals surface area contributed by atoms with E-state index in [1.54, 1.807) is 6.07 Å². The van der Waals surface area contributed by atoms with E-state index in [1.165, 1.54) is 11.8 Å². The first-order valence-corrected chi connectivity index (χ1v) is 7.93. The Hall–Kier alpha value is -0.910. The van der Waals surface area contributed by atoms with Gasteiger partial charge in [-0.1, -0.05) is 41.9 Å². The zero-order chi connectivity index (χ0) is 14.4. The van der Waals surface area contributed by atoms with Gasteiger partial charge in [0.05, 0.1) is 26.8 Å². The van der Waals surface area contributed by atoms with Crippen LogP contribution >= 0.6 is 35.0 Å². The number of carboxylic acids is 1. The molecule has 1 fully saturated rings. The average molecular weight is 331 g/mol. The van der Waals surface area contributed by atoms with Crippen LogP contribution in [0, 0.1) is 5.92 Å². The van der Waals surface area contributed by atoms with E-state index in [-0.39, 0.29) is 5.75 Å². The van der Waals surface area contributed by atoms with Crippen molar-refractivity contribution in [1.29, 1.82) is 0 Å². The van der Waals surface area contributed by atoms with E-state index in [0.29, 0.717) is 22.0 Å². The fourth-order valence-electron chi connectivity index (χ4n) is 2.28. The number of carbonyl (C=O) groups is 1. The number of fused-ring (bicyclic) bond motifs is 1. The summed E-state index contributed by atoms with van der Waals surface area (Å²) in [4.78, 5) is 15.3. The summed E-state index contributed by atoms with van der Waals surface area (Å²) in [7, 11) is 0. The van der Waals surface area contributed by atoms with Crippen LogP contribution in [0.4, 0.5) is 0 Å². The van der Waals surface area contributed by atoms with Crippen molar-refractivity contribution in [3.8, 4) is 0 Å². The highest BCUT2D eigenvalue weighted by molar-refractivity contribution is 7.99. The van der Waals surface area contributed by atoms with Gasteiger partial charge in [-0.2, -0.15) is 0 Å². The van der Waals surface area contributed by atoms with Gasteiger partial charge in [0.2, 0.25) is 0 Å². The van der Waals surface area contributed by atoms with Gasteiger partial charge in [0.25, 0.3) is 0 Å². The number of halogens is 2. The fraction of sp³-hybridized carbons (Fsp3) is 0.385. The van der Waals surface area contributed by atoms with Crippen molar-refractivity contribution >= 4 is 52.0 Å². The topological polar surface area (TPSA) is 55.1 Å². The van der Waals surface area contributed by atoms with Gasteiger partial charge in [-0.25, -0.2) is 4.98 Å². The summed E-state index contributed by atoms with van der Waals surface area (Å²) in [6, 6.07) is 3.91. The number of hydrogen-bond acceptors (Lipinski definition) is 3. The molecule has 7 heteroatoms. The van der Waals surface area contributed by atoms with E-state index in [0.717, 1.165) is 22.6 Å². The number of hydrogen-bond donors (Lipinski definition) is 1. The minimum Gasteiger partial charge on any atom is -0.481 e. The van der Waals surface area contributed by atoms with Crippen molar-refractivity contribution in [3.63, 3.8) is 0 Å². The maximum Gasteiger partial charge on any atom is 0.313 e. The molecule has 1 heterocycles. The lowest BCUT2D eigenvalue weighted by Gasteiger charge is -2.07. The van der Waals surface area contributed by atoms with Gasteiger partial charge in [0.15, 0.2) is 5.16 Å². The van der Waals surface area contributed by atoms with Crippen molar-refractivity contribution < 1.29 is 9.90 Å². The summed E-state index contributed by atoms with van der Waals surface area (Å²) < 4.78 is 2.09. The molecule has 2 atom stereocenters. The lowest BCUT2D eigenvalue weighted by atomic mass is 10.3. The van der Waals surface area contributed by atoms with Crippen LogP contribution in [0.2, 0.25) is 10.0 Å². The monoisotopic (exact) mass is 330 g/mol. The Kier molecular flexibility index (Phi) is 3.60. The highest BCUT2D eigenvalue weighted by Gasteiger charge is 2.37. The quantitative estimate of drug-likeness (QED) is 0.857. The van der Waals surface area contributed by atoms with E-state index >= 15 is 0 Å². The van der Waals surface area contributed by atoms with Gasteiger partial charge < -0.3 is 9.67 Å². The standard InChI is InChI=1S/C13H12Cl2N2O2S/c1-6-2-10(6)17-11-4-8(15)7(14)3-9(11)16-13(17)20-5-12(18)19/h3-4,6,10H,2,5H2,1H3,(H,18,19). The first-order valence-electron chi connectivity index (χ1n) is 6.19. The molecule has 0 spiro atoms. The summed E-state index contributed by atoms with van der Waals surface area (Å²) in [6.07, 6.45) is 1.08. The van der Waals surface area contributed by atoms with Gasteiger partial charge in [0, 0.05) is 6.04 Å². The highest BCUT2D eigenvalue weighted by atomic mass is 35.5. The van der Waals surface area contributed by atoms with E-state index in [4.69, 9.17) is 28.3 Å².